The molecule has 0 saturated heterocycles. The van der Waals surface area contributed by atoms with Crippen molar-refractivity contribution >= 4 is 17.4 Å². The average Bonchev–Trinajstić information content (AvgIpc) is 2.77. The highest BCUT2D eigenvalue weighted by molar-refractivity contribution is 5.94. The fourth-order valence-corrected chi connectivity index (χ4v) is 3.39. The van der Waals surface area contributed by atoms with E-state index in [0.717, 1.165) is 16.9 Å². The van der Waals surface area contributed by atoms with Crippen molar-refractivity contribution < 1.29 is 9.53 Å². The van der Waals surface area contributed by atoms with Crippen molar-refractivity contribution in [1.29, 1.82) is 0 Å². The second kappa shape index (κ2) is 10.5. The number of aromatic amines is 1. The van der Waals surface area contributed by atoms with Gasteiger partial charge in [-0.2, -0.15) is 0 Å². The Bertz CT molecular complexity index is 1180. The maximum Gasteiger partial charge on any atom is 0.330 e. The molecule has 2 aromatic carbocycles. The number of aryl methyl sites for hydroxylation is 1. The zero-order valence-corrected chi connectivity index (χ0v) is 18.3. The van der Waals surface area contributed by atoms with Crippen molar-refractivity contribution in [2.75, 3.05) is 24.3 Å². The first kappa shape index (κ1) is 22.9. The molecule has 0 spiro atoms. The van der Waals surface area contributed by atoms with Gasteiger partial charge < -0.3 is 15.4 Å². The van der Waals surface area contributed by atoms with E-state index in [1.807, 2.05) is 61.5 Å². The van der Waals surface area contributed by atoms with Gasteiger partial charge in [0.15, 0.2) is 5.69 Å². The van der Waals surface area contributed by atoms with E-state index in [1.165, 1.54) is 16.5 Å². The lowest BCUT2D eigenvalue weighted by molar-refractivity contribution is -0.118. The molecular formula is C24H28N4O4. The lowest BCUT2D eigenvalue weighted by Gasteiger charge is -2.20. The van der Waals surface area contributed by atoms with Crippen LogP contribution in [-0.2, 0) is 11.3 Å². The number of anilines is 2. The molecule has 0 radical (unpaired) electrons. The monoisotopic (exact) mass is 436 g/mol. The van der Waals surface area contributed by atoms with Gasteiger partial charge in [-0.1, -0.05) is 42.5 Å². The lowest BCUT2D eigenvalue weighted by Crippen LogP contribution is -2.39. The molecule has 1 amide bonds. The summed E-state index contributed by atoms with van der Waals surface area (Å²) in [5.41, 5.74) is 6.80. The molecule has 8 heteroatoms. The predicted octanol–water partition coefficient (Wildman–Crippen LogP) is 2.69. The maximum atomic E-state index is 12.7. The van der Waals surface area contributed by atoms with Gasteiger partial charge in [0, 0.05) is 13.5 Å². The van der Waals surface area contributed by atoms with Crippen molar-refractivity contribution in [1.82, 2.24) is 9.55 Å². The first-order chi connectivity index (χ1) is 15.4. The molecule has 0 aliphatic carbocycles. The number of amides is 1. The van der Waals surface area contributed by atoms with Crippen LogP contribution in [0.5, 0.6) is 5.75 Å². The number of carbonyl (C=O) groups excluding carboxylic acids is 1. The van der Waals surface area contributed by atoms with Crippen LogP contribution < -0.4 is 26.6 Å². The molecule has 0 bridgehead atoms. The van der Waals surface area contributed by atoms with E-state index >= 15 is 0 Å². The van der Waals surface area contributed by atoms with Crippen molar-refractivity contribution in [3.8, 4) is 5.75 Å². The van der Waals surface area contributed by atoms with E-state index in [4.69, 9.17) is 10.5 Å². The van der Waals surface area contributed by atoms with Crippen LogP contribution in [0, 0.1) is 6.92 Å². The molecule has 0 aliphatic rings. The fraction of sp³-hybridized carbons (Fsp3) is 0.292. The second-order valence-corrected chi connectivity index (χ2v) is 7.64. The molecule has 0 atom stereocenters. The predicted molar refractivity (Wildman–Crippen MR) is 125 cm³/mol. The Kier molecular flexibility index (Phi) is 7.49. The minimum Gasteiger partial charge on any atom is -0.494 e. The summed E-state index contributed by atoms with van der Waals surface area (Å²) < 4.78 is 6.96. The molecule has 1 aromatic heterocycles. The summed E-state index contributed by atoms with van der Waals surface area (Å²) in [4.78, 5) is 40.9. The van der Waals surface area contributed by atoms with Crippen LogP contribution in [0.25, 0.3) is 0 Å². The number of aromatic nitrogens is 2. The Morgan fingerprint density at radius 1 is 1.09 bits per heavy atom. The number of nitrogen functional groups attached to an aromatic ring is 1. The molecule has 1 heterocycles. The van der Waals surface area contributed by atoms with E-state index < -0.39 is 11.2 Å². The lowest BCUT2D eigenvalue weighted by atomic mass is 10.2. The number of H-pyrrole nitrogens is 1. The summed E-state index contributed by atoms with van der Waals surface area (Å²) >= 11 is 0. The number of hydrogen-bond donors (Lipinski definition) is 2. The SMILES string of the molecule is Cc1cccc(OCCCCC(=O)N(C)c2c(N)n(Cc3ccccc3)c(=O)[nH]c2=O)c1. The minimum absolute atomic E-state index is 0.0264. The minimum atomic E-state index is -0.685. The van der Waals surface area contributed by atoms with Gasteiger partial charge in [0.25, 0.3) is 5.56 Å². The molecular weight excluding hydrogens is 408 g/mol. The van der Waals surface area contributed by atoms with E-state index in [0.29, 0.717) is 19.4 Å². The summed E-state index contributed by atoms with van der Waals surface area (Å²) in [6.45, 7) is 2.68. The van der Waals surface area contributed by atoms with Crippen LogP contribution in [0.3, 0.4) is 0 Å². The summed E-state index contributed by atoms with van der Waals surface area (Å²) in [7, 11) is 1.49. The molecule has 3 rings (SSSR count). The first-order valence-electron chi connectivity index (χ1n) is 10.5. The smallest absolute Gasteiger partial charge is 0.330 e. The third-order valence-corrected chi connectivity index (χ3v) is 5.15. The van der Waals surface area contributed by atoms with E-state index in [-0.39, 0.29) is 30.4 Å². The molecule has 8 nitrogen and oxygen atoms in total. The number of ether oxygens (including phenoxy) is 1. The van der Waals surface area contributed by atoms with Crippen LogP contribution in [0.15, 0.2) is 64.2 Å². The van der Waals surface area contributed by atoms with Gasteiger partial charge >= 0.3 is 5.69 Å². The Morgan fingerprint density at radius 2 is 1.84 bits per heavy atom. The summed E-state index contributed by atoms with van der Waals surface area (Å²) in [5.74, 6) is 0.498. The molecule has 3 aromatic rings. The molecule has 0 fully saturated rings. The number of nitrogens with two attached hydrogens (primary N) is 1. The number of carbonyl (C=O) groups is 1. The van der Waals surface area contributed by atoms with Crippen molar-refractivity contribution in [3.05, 3.63) is 86.6 Å². The fourth-order valence-electron chi connectivity index (χ4n) is 3.39. The standard InChI is InChI=1S/C24H28N4O4/c1-17-9-8-12-19(15-17)32-14-7-6-13-20(29)27(2)21-22(25)28(24(31)26-23(21)30)16-18-10-4-3-5-11-18/h3-5,8-12,15H,6-7,13-14,16,25H2,1-2H3,(H,26,30,31). The van der Waals surface area contributed by atoms with Gasteiger partial charge in [0.1, 0.15) is 11.6 Å². The molecule has 0 unspecified atom stereocenters. The van der Waals surface area contributed by atoms with E-state index in [1.54, 1.807) is 0 Å². The number of rotatable bonds is 9. The topological polar surface area (TPSA) is 110 Å². The number of nitrogens with one attached hydrogen (secondary N) is 1. The molecule has 0 aliphatic heterocycles. The van der Waals surface area contributed by atoms with Gasteiger partial charge in [-0.15, -0.1) is 0 Å². The molecule has 3 N–H and O–H groups in total. The Morgan fingerprint density at radius 3 is 2.56 bits per heavy atom. The highest BCUT2D eigenvalue weighted by Crippen LogP contribution is 2.18. The van der Waals surface area contributed by atoms with Crippen molar-refractivity contribution in [2.24, 2.45) is 0 Å². The van der Waals surface area contributed by atoms with Gasteiger partial charge in [-0.05, 0) is 43.0 Å². The third-order valence-electron chi connectivity index (χ3n) is 5.15. The van der Waals surface area contributed by atoms with Crippen molar-refractivity contribution in [3.63, 3.8) is 0 Å². The Balaban J connectivity index is 1.62. The highest BCUT2D eigenvalue weighted by atomic mass is 16.5. The zero-order valence-electron chi connectivity index (χ0n) is 18.3. The third kappa shape index (κ3) is 5.66. The van der Waals surface area contributed by atoms with Gasteiger partial charge in [-0.3, -0.25) is 19.1 Å². The van der Waals surface area contributed by atoms with Crippen LogP contribution in [0.4, 0.5) is 11.5 Å². The molecule has 168 valence electrons. The number of nitrogens with zero attached hydrogens (tertiary/aromatic N) is 2. The highest BCUT2D eigenvalue weighted by Gasteiger charge is 2.20. The van der Waals surface area contributed by atoms with Crippen LogP contribution in [-0.4, -0.2) is 29.1 Å². The van der Waals surface area contributed by atoms with Crippen LogP contribution >= 0.6 is 0 Å². The Labute approximate surface area is 186 Å². The zero-order chi connectivity index (χ0) is 23.1. The summed E-state index contributed by atoms with van der Waals surface area (Å²) in [6, 6.07) is 17.0. The van der Waals surface area contributed by atoms with E-state index in [9.17, 15) is 14.4 Å². The number of benzene rings is 2. The maximum absolute atomic E-state index is 12.7. The van der Waals surface area contributed by atoms with Gasteiger partial charge in [-0.25, -0.2) is 4.79 Å². The average molecular weight is 437 g/mol. The van der Waals surface area contributed by atoms with Gasteiger partial charge in [0.2, 0.25) is 5.91 Å². The number of unbranched alkanes of at least 4 members (excludes halogenated alkanes) is 1. The summed E-state index contributed by atoms with van der Waals surface area (Å²) in [6.07, 6.45) is 1.51. The van der Waals surface area contributed by atoms with E-state index in [2.05, 4.69) is 4.98 Å². The van der Waals surface area contributed by atoms with Crippen LogP contribution in [0.1, 0.15) is 30.4 Å². The largest absolute Gasteiger partial charge is 0.494 e. The summed E-state index contributed by atoms with van der Waals surface area (Å²) in [5, 5.41) is 0. The molecule has 0 saturated carbocycles. The van der Waals surface area contributed by atoms with Crippen molar-refractivity contribution in [2.45, 2.75) is 32.7 Å². The quantitative estimate of drug-likeness (QED) is 0.501. The normalized spacial score (nSPS) is 10.7. The van der Waals surface area contributed by atoms with Gasteiger partial charge in [0.05, 0.1) is 13.2 Å². The Hall–Kier alpha value is -3.81. The second-order valence-electron chi connectivity index (χ2n) is 7.64. The molecule has 32 heavy (non-hydrogen) atoms. The number of hydrogen-bond acceptors (Lipinski definition) is 5. The van der Waals surface area contributed by atoms with Crippen LogP contribution in [0.2, 0.25) is 0 Å². The first-order valence-corrected chi connectivity index (χ1v) is 10.5.